The zero-order chi connectivity index (χ0) is 13.7. The van der Waals surface area contributed by atoms with Gasteiger partial charge in [0.2, 0.25) is 5.91 Å². The molecule has 2 aromatic heterocycles. The summed E-state index contributed by atoms with van der Waals surface area (Å²) in [4.78, 5) is 16.2. The van der Waals surface area contributed by atoms with Gasteiger partial charge in [0, 0.05) is 23.3 Å². The number of thiophene rings is 1. The second-order valence-electron chi connectivity index (χ2n) is 5.72. The van der Waals surface area contributed by atoms with E-state index in [1.54, 1.807) is 6.26 Å². The van der Waals surface area contributed by atoms with E-state index >= 15 is 0 Å². The fraction of sp³-hybridized carbons (Fsp3) is 0.438. The third-order valence-corrected chi connectivity index (χ3v) is 5.57. The highest BCUT2D eigenvalue weighted by Gasteiger charge is 2.48. The molecule has 0 saturated heterocycles. The van der Waals surface area contributed by atoms with E-state index in [4.69, 9.17) is 4.42 Å². The molecule has 0 spiro atoms. The zero-order valence-corrected chi connectivity index (χ0v) is 12.2. The number of carbonyl (C=O) groups is 1. The first-order chi connectivity index (χ1) is 9.75. The molecular weight excluding hydrogens is 270 g/mol. The molecule has 0 aromatic carbocycles. The van der Waals surface area contributed by atoms with Gasteiger partial charge in [-0.2, -0.15) is 0 Å². The molecule has 1 saturated carbocycles. The minimum Gasteiger partial charge on any atom is -0.469 e. The van der Waals surface area contributed by atoms with E-state index in [-0.39, 0.29) is 12.0 Å². The molecule has 4 rings (SSSR count). The Labute approximate surface area is 122 Å². The number of hydrogen-bond acceptors (Lipinski definition) is 3. The number of rotatable bonds is 2. The van der Waals surface area contributed by atoms with Crippen LogP contribution in [0.4, 0.5) is 0 Å². The maximum Gasteiger partial charge on any atom is 0.226 e. The fourth-order valence-corrected chi connectivity index (χ4v) is 4.27. The van der Waals surface area contributed by atoms with E-state index in [1.165, 1.54) is 10.4 Å². The van der Waals surface area contributed by atoms with Gasteiger partial charge in [-0.15, -0.1) is 11.3 Å². The minimum absolute atomic E-state index is 0.129. The molecule has 4 heteroatoms. The number of nitrogens with zero attached hydrogens (tertiary/aromatic N) is 1. The van der Waals surface area contributed by atoms with Crippen LogP contribution in [-0.4, -0.2) is 17.4 Å². The molecule has 0 bridgehead atoms. The lowest BCUT2D eigenvalue weighted by molar-refractivity contribution is -0.135. The average Bonchev–Trinajstić information content (AvgIpc) is 2.91. The average molecular weight is 287 g/mol. The summed E-state index contributed by atoms with van der Waals surface area (Å²) in [6.07, 6.45) is 3.63. The van der Waals surface area contributed by atoms with E-state index in [0.29, 0.717) is 11.8 Å². The molecule has 0 N–H and O–H groups in total. The Hall–Kier alpha value is -1.55. The summed E-state index contributed by atoms with van der Waals surface area (Å²) in [5, 5.41) is 2.14. The van der Waals surface area contributed by atoms with Gasteiger partial charge in [0.25, 0.3) is 0 Å². The van der Waals surface area contributed by atoms with Gasteiger partial charge >= 0.3 is 0 Å². The van der Waals surface area contributed by atoms with Gasteiger partial charge in [-0.1, -0.05) is 0 Å². The SMILES string of the molecule is C[C@@H]1c2ccsc2CCN1C(=O)[C@H]1C[C@H]1c1ccco1. The highest BCUT2D eigenvalue weighted by Crippen LogP contribution is 2.49. The molecule has 2 aliphatic rings. The predicted molar refractivity (Wildman–Crippen MR) is 77.7 cm³/mol. The summed E-state index contributed by atoms with van der Waals surface area (Å²) in [5.41, 5.74) is 1.34. The fourth-order valence-electron chi connectivity index (χ4n) is 3.31. The van der Waals surface area contributed by atoms with Gasteiger partial charge in [0.15, 0.2) is 0 Å². The van der Waals surface area contributed by atoms with Crippen LogP contribution in [0.15, 0.2) is 34.3 Å². The van der Waals surface area contributed by atoms with Crippen molar-refractivity contribution in [2.75, 3.05) is 6.54 Å². The van der Waals surface area contributed by atoms with Gasteiger partial charge in [0.05, 0.1) is 12.3 Å². The first-order valence-electron chi connectivity index (χ1n) is 7.16. The van der Waals surface area contributed by atoms with Crippen molar-refractivity contribution >= 4 is 17.2 Å². The van der Waals surface area contributed by atoms with Gasteiger partial charge in [0.1, 0.15) is 5.76 Å². The second-order valence-corrected chi connectivity index (χ2v) is 6.72. The summed E-state index contributed by atoms with van der Waals surface area (Å²) < 4.78 is 5.43. The number of carbonyl (C=O) groups excluding carboxylic acids is 1. The molecule has 0 unspecified atom stereocenters. The Bertz CT molecular complexity index is 631. The maximum atomic E-state index is 12.7. The van der Waals surface area contributed by atoms with Crippen LogP contribution in [0.25, 0.3) is 0 Å². The quantitative estimate of drug-likeness (QED) is 0.845. The molecule has 3 nitrogen and oxygen atoms in total. The van der Waals surface area contributed by atoms with Gasteiger partial charge in [-0.05, 0) is 48.9 Å². The largest absolute Gasteiger partial charge is 0.469 e. The molecular formula is C16H17NO2S. The molecule has 1 aliphatic heterocycles. The Balaban J connectivity index is 1.51. The Morgan fingerprint density at radius 2 is 2.35 bits per heavy atom. The lowest BCUT2D eigenvalue weighted by Gasteiger charge is -2.34. The minimum atomic E-state index is 0.129. The van der Waals surface area contributed by atoms with Crippen LogP contribution >= 0.6 is 11.3 Å². The van der Waals surface area contributed by atoms with Crippen LogP contribution in [0.3, 0.4) is 0 Å². The van der Waals surface area contributed by atoms with Crippen LogP contribution in [0.1, 0.15) is 41.5 Å². The third kappa shape index (κ3) is 1.82. The molecule has 3 heterocycles. The number of fused-ring (bicyclic) bond motifs is 1. The summed E-state index contributed by atoms with van der Waals surface area (Å²) in [7, 11) is 0. The molecule has 3 atom stereocenters. The van der Waals surface area contributed by atoms with Crippen molar-refractivity contribution in [1.29, 1.82) is 0 Å². The lowest BCUT2D eigenvalue weighted by Crippen LogP contribution is -2.39. The molecule has 104 valence electrons. The summed E-state index contributed by atoms with van der Waals surface area (Å²) in [6, 6.07) is 6.27. The van der Waals surface area contributed by atoms with Crippen molar-refractivity contribution in [3.05, 3.63) is 46.0 Å². The van der Waals surface area contributed by atoms with Gasteiger partial charge < -0.3 is 9.32 Å². The van der Waals surface area contributed by atoms with Crippen molar-refractivity contribution in [3.8, 4) is 0 Å². The number of furan rings is 1. The first-order valence-corrected chi connectivity index (χ1v) is 8.04. The number of hydrogen-bond donors (Lipinski definition) is 0. The number of amides is 1. The predicted octanol–water partition coefficient (Wildman–Crippen LogP) is 3.59. The Morgan fingerprint density at radius 3 is 3.15 bits per heavy atom. The highest BCUT2D eigenvalue weighted by atomic mass is 32.1. The van der Waals surface area contributed by atoms with Crippen molar-refractivity contribution < 1.29 is 9.21 Å². The topological polar surface area (TPSA) is 33.5 Å². The molecule has 0 radical (unpaired) electrons. The van der Waals surface area contributed by atoms with Crippen LogP contribution in [0, 0.1) is 5.92 Å². The normalized spacial score (nSPS) is 28.2. The van der Waals surface area contributed by atoms with Crippen LogP contribution in [0.5, 0.6) is 0 Å². The summed E-state index contributed by atoms with van der Waals surface area (Å²) in [6.45, 7) is 3.00. The monoisotopic (exact) mass is 287 g/mol. The van der Waals surface area contributed by atoms with E-state index < -0.39 is 0 Å². The second kappa shape index (κ2) is 4.48. The molecule has 2 aromatic rings. The van der Waals surface area contributed by atoms with Crippen LogP contribution in [-0.2, 0) is 11.2 Å². The summed E-state index contributed by atoms with van der Waals surface area (Å²) in [5.74, 6) is 1.69. The summed E-state index contributed by atoms with van der Waals surface area (Å²) >= 11 is 1.81. The standard InChI is InChI=1S/C16H17NO2S/c1-10-11-5-8-20-15(11)4-6-17(10)16(18)13-9-12(13)14-3-2-7-19-14/h2-3,5,7-8,10,12-13H,4,6,9H2,1H3/t10-,12-,13+/m1/s1. The first kappa shape index (κ1) is 12.2. The Morgan fingerprint density at radius 1 is 1.45 bits per heavy atom. The van der Waals surface area contributed by atoms with E-state index in [0.717, 1.165) is 25.1 Å². The van der Waals surface area contributed by atoms with Gasteiger partial charge in [-0.3, -0.25) is 4.79 Å². The molecule has 1 amide bonds. The molecule has 20 heavy (non-hydrogen) atoms. The highest BCUT2D eigenvalue weighted by molar-refractivity contribution is 7.10. The van der Waals surface area contributed by atoms with Crippen LogP contribution in [0.2, 0.25) is 0 Å². The van der Waals surface area contributed by atoms with E-state index in [1.807, 2.05) is 23.5 Å². The smallest absolute Gasteiger partial charge is 0.226 e. The Kier molecular flexibility index (Phi) is 2.74. The maximum absolute atomic E-state index is 12.7. The molecule has 1 aliphatic carbocycles. The lowest BCUT2D eigenvalue weighted by atomic mass is 10.0. The van der Waals surface area contributed by atoms with E-state index in [9.17, 15) is 4.79 Å². The van der Waals surface area contributed by atoms with Crippen molar-refractivity contribution in [3.63, 3.8) is 0 Å². The molecule has 1 fully saturated rings. The van der Waals surface area contributed by atoms with Crippen molar-refractivity contribution in [2.24, 2.45) is 5.92 Å². The van der Waals surface area contributed by atoms with Crippen molar-refractivity contribution in [2.45, 2.75) is 31.7 Å². The third-order valence-electron chi connectivity index (χ3n) is 4.58. The van der Waals surface area contributed by atoms with Crippen LogP contribution < -0.4 is 0 Å². The van der Waals surface area contributed by atoms with E-state index in [2.05, 4.69) is 23.3 Å². The zero-order valence-electron chi connectivity index (χ0n) is 11.4. The van der Waals surface area contributed by atoms with Crippen molar-refractivity contribution in [1.82, 2.24) is 4.90 Å². The van der Waals surface area contributed by atoms with Gasteiger partial charge in [-0.25, -0.2) is 0 Å².